The van der Waals surface area contributed by atoms with Crippen molar-refractivity contribution in [2.75, 3.05) is 26.1 Å². The van der Waals surface area contributed by atoms with Crippen molar-refractivity contribution in [3.8, 4) is 5.75 Å². The molecule has 190 valence electrons. The Morgan fingerprint density at radius 2 is 1.80 bits per heavy atom. The second-order valence-electron chi connectivity index (χ2n) is 8.69. The van der Waals surface area contributed by atoms with Crippen LogP contribution in [0.3, 0.4) is 0 Å². The zero-order chi connectivity index (χ0) is 25.3. The van der Waals surface area contributed by atoms with Gasteiger partial charge in [0.05, 0.1) is 19.1 Å². The number of hydrogen-bond donors (Lipinski definition) is 5. The molecule has 3 unspecified atom stereocenters. The molecule has 0 saturated heterocycles. The second-order valence-corrected chi connectivity index (χ2v) is 10.9. The molecule has 9 heteroatoms. The molecular weight excluding hydrogens is 469 g/mol. The summed E-state index contributed by atoms with van der Waals surface area (Å²) in [5.74, 6) is -1.80. The van der Waals surface area contributed by atoms with Crippen molar-refractivity contribution >= 4 is 12.7 Å². The first-order valence-electron chi connectivity index (χ1n) is 11.6. The Morgan fingerprint density at radius 1 is 1.09 bits per heavy atom. The van der Waals surface area contributed by atoms with Gasteiger partial charge in [0, 0.05) is 11.3 Å². The molecule has 0 heterocycles. The average Bonchev–Trinajstić information content (AvgIpc) is 2.84. The highest BCUT2D eigenvalue weighted by Gasteiger charge is 2.32. The van der Waals surface area contributed by atoms with E-state index in [9.17, 15) is 24.8 Å². The molecule has 8 nitrogen and oxygen atoms in total. The fraction of sp³-hybridized carbons (Fsp3) is 0.385. The summed E-state index contributed by atoms with van der Waals surface area (Å²) in [7, 11) is -3.57. The maximum absolute atomic E-state index is 12.5. The van der Waals surface area contributed by atoms with E-state index in [1.807, 2.05) is 12.1 Å². The summed E-state index contributed by atoms with van der Waals surface area (Å²) in [5.41, 5.74) is 1.12. The first-order chi connectivity index (χ1) is 16.7. The molecule has 0 spiro atoms. The van der Waals surface area contributed by atoms with E-state index in [0.29, 0.717) is 23.4 Å². The Balaban J connectivity index is 1.35. The van der Waals surface area contributed by atoms with Crippen LogP contribution >= 0.6 is 7.37 Å². The van der Waals surface area contributed by atoms with Crippen molar-refractivity contribution < 1.29 is 34.3 Å². The van der Waals surface area contributed by atoms with Gasteiger partial charge in [-0.05, 0) is 74.4 Å². The summed E-state index contributed by atoms with van der Waals surface area (Å²) < 4.78 is 23.7. The smallest absolute Gasteiger partial charge is 0.265 e. The van der Waals surface area contributed by atoms with E-state index in [0.717, 1.165) is 24.9 Å². The van der Waals surface area contributed by atoms with Gasteiger partial charge in [-0.1, -0.05) is 30.3 Å². The SMILES string of the molecule is CC(Cc1ccc(OCP(=O)(O)c2ccccc2)cc1)NCCCOC1=CC(CO)C(O)(O)C=C1. The minimum atomic E-state index is -3.57. The molecule has 3 atom stereocenters. The van der Waals surface area contributed by atoms with Crippen LogP contribution in [0.2, 0.25) is 0 Å². The summed E-state index contributed by atoms with van der Waals surface area (Å²) in [6.45, 7) is 2.92. The number of ether oxygens (including phenoxy) is 2. The molecule has 0 radical (unpaired) electrons. The lowest BCUT2D eigenvalue weighted by atomic mass is 9.94. The zero-order valence-corrected chi connectivity index (χ0v) is 20.7. The third-order valence-corrected chi connectivity index (χ3v) is 7.30. The monoisotopic (exact) mass is 503 g/mol. The van der Waals surface area contributed by atoms with Gasteiger partial charge in [-0.25, -0.2) is 0 Å². The molecule has 0 saturated carbocycles. The lowest BCUT2D eigenvalue weighted by molar-refractivity contribution is -0.157. The van der Waals surface area contributed by atoms with Crippen molar-refractivity contribution in [2.45, 2.75) is 31.6 Å². The van der Waals surface area contributed by atoms with Crippen molar-refractivity contribution in [1.29, 1.82) is 0 Å². The van der Waals surface area contributed by atoms with Gasteiger partial charge in [0.2, 0.25) is 0 Å². The zero-order valence-electron chi connectivity index (χ0n) is 19.8. The summed E-state index contributed by atoms with van der Waals surface area (Å²) in [5, 5.41) is 32.5. The molecule has 0 aromatic heterocycles. The third kappa shape index (κ3) is 8.32. The van der Waals surface area contributed by atoms with Crippen LogP contribution in [0.5, 0.6) is 5.75 Å². The summed E-state index contributed by atoms with van der Waals surface area (Å²) >= 11 is 0. The minimum Gasteiger partial charge on any atom is -0.494 e. The Bertz CT molecular complexity index is 1040. The van der Waals surface area contributed by atoms with Crippen LogP contribution in [0.15, 0.2) is 78.6 Å². The molecule has 2 aromatic rings. The molecule has 0 aliphatic heterocycles. The van der Waals surface area contributed by atoms with Gasteiger partial charge >= 0.3 is 0 Å². The molecule has 5 N–H and O–H groups in total. The number of aliphatic hydroxyl groups excluding tert-OH is 1. The van der Waals surface area contributed by atoms with Crippen molar-refractivity contribution in [3.63, 3.8) is 0 Å². The van der Waals surface area contributed by atoms with Gasteiger partial charge < -0.3 is 35.0 Å². The number of nitrogens with one attached hydrogen (secondary N) is 1. The minimum absolute atomic E-state index is 0.231. The fourth-order valence-electron chi connectivity index (χ4n) is 3.64. The highest BCUT2D eigenvalue weighted by Crippen LogP contribution is 2.39. The first-order valence-corrected chi connectivity index (χ1v) is 13.5. The second kappa shape index (κ2) is 12.5. The van der Waals surface area contributed by atoms with Crippen LogP contribution in [0.4, 0.5) is 0 Å². The van der Waals surface area contributed by atoms with Crippen LogP contribution in [-0.4, -0.2) is 58.1 Å². The summed E-state index contributed by atoms with van der Waals surface area (Å²) in [6, 6.07) is 16.2. The molecule has 0 bridgehead atoms. The van der Waals surface area contributed by atoms with E-state index in [-0.39, 0.29) is 19.0 Å². The van der Waals surface area contributed by atoms with E-state index in [1.54, 1.807) is 42.5 Å². The van der Waals surface area contributed by atoms with Gasteiger partial charge in [-0.3, -0.25) is 4.57 Å². The Hall–Kier alpha value is -2.45. The van der Waals surface area contributed by atoms with E-state index in [2.05, 4.69) is 12.2 Å². The molecule has 0 amide bonds. The van der Waals surface area contributed by atoms with Gasteiger partial charge in [-0.15, -0.1) is 0 Å². The normalized spacial score (nSPS) is 19.5. The highest BCUT2D eigenvalue weighted by atomic mass is 31.2. The average molecular weight is 504 g/mol. The Kier molecular flexibility index (Phi) is 9.69. The number of benzene rings is 2. The van der Waals surface area contributed by atoms with Crippen LogP contribution in [0, 0.1) is 5.92 Å². The standard InChI is InChI=1S/C26H34NO7P/c1-20(27-14-5-15-33-24-12-13-26(29,30)22(17-24)18-28)16-21-8-10-23(11-9-21)34-19-35(31,32)25-6-3-2-4-7-25/h2-4,6-13,17,20,22,27-30H,5,14-16,18-19H2,1H3,(H,31,32). The molecule has 1 aliphatic carbocycles. The summed E-state index contributed by atoms with van der Waals surface area (Å²) in [4.78, 5) is 10.2. The van der Waals surface area contributed by atoms with E-state index >= 15 is 0 Å². The van der Waals surface area contributed by atoms with Crippen LogP contribution in [0.25, 0.3) is 0 Å². The molecule has 0 fully saturated rings. The fourth-order valence-corrected chi connectivity index (χ4v) is 4.75. The molecule has 3 rings (SSSR count). The van der Waals surface area contributed by atoms with Gasteiger partial charge in [0.15, 0.2) is 12.1 Å². The maximum atomic E-state index is 12.5. The summed E-state index contributed by atoms with van der Waals surface area (Å²) in [6.07, 6.45) is 5.53. The lowest BCUT2D eigenvalue weighted by Crippen LogP contribution is -2.38. The lowest BCUT2D eigenvalue weighted by Gasteiger charge is -2.28. The van der Waals surface area contributed by atoms with Crippen molar-refractivity contribution in [2.24, 2.45) is 5.92 Å². The first kappa shape index (κ1) is 27.1. The van der Waals surface area contributed by atoms with Crippen molar-refractivity contribution in [3.05, 3.63) is 84.1 Å². The predicted molar refractivity (Wildman–Crippen MR) is 135 cm³/mol. The van der Waals surface area contributed by atoms with E-state index < -0.39 is 19.1 Å². The number of hydrogen-bond acceptors (Lipinski definition) is 7. The molecule has 1 aliphatic rings. The van der Waals surface area contributed by atoms with E-state index in [4.69, 9.17) is 9.47 Å². The quantitative estimate of drug-likeness (QED) is 0.160. The molecular formula is C26H34NO7P. The molecule has 35 heavy (non-hydrogen) atoms. The van der Waals surface area contributed by atoms with Crippen LogP contribution in [0.1, 0.15) is 18.9 Å². The number of allylic oxidation sites excluding steroid dienone is 1. The number of aliphatic hydroxyl groups is 3. The third-order valence-electron chi connectivity index (χ3n) is 5.71. The Labute approximate surface area is 206 Å². The maximum Gasteiger partial charge on any atom is 0.265 e. The topological polar surface area (TPSA) is 128 Å². The Morgan fingerprint density at radius 3 is 2.49 bits per heavy atom. The van der Waals surface area contributed by atoms with Gasteiger partial charge in [-0.2, -0.15) is 0 Å². The predicted octanol–water partition coefficient (Wildman–Crippen LogP) is 2.29. The highest BCUT2D eigenvalue weighted by molar-refractivity contribution is 7.65. The number of rotatable bonds is 13. The van der Waals surface area contributed by atoms with Crippen molar-refractivity contribution in [1.82, 2.24) is 5.32 Å². The van der Waals surface area contributed by atoms with E-state index in [1.165, 1.54) is 18.2 Å². The van der Waals surface area contributed by atoms with Gasteiger partial charge in [0.25, 0.3) is 7.37 Å². The largest absolute Gasteiger partial charge is 0.494 e. The van der Waals surface area contributed by atoms with Gasteiger partial charge in [0.1, 0.15) is 11.5 Å². The van der Waals surface area contributed by atoms with Crippen LogP contribution in [-0.2, 0) is 15.7 Å². The molecule has 2 aromatic carbocycles. The van der Waals surface area contributed by atoms with Crippen LogP contribution < -0.4 is 15.4 Å².